The molecular formula is C21H22N2O5. The maximum Gasteiger partial charge on any atom is 0.325 e. The summed E-state index contributed by atoms with van der Waals surface area (Å²) in [6.45, 7) is -0.420. The quantitative estimate of drug-likeness (QED) is 0.494. The molecule has 2 N–H and O–H groups in total. The molecule has 7 heteroatoms. The second-order valence-electron chi connectivity index (χ2n) is 6.10. The van der Waals surface area contributed by atoms with Crippen molar-refractivity contribution in [2.24, 2.45) is 0 Å². The molecule has 146 valence electrons. The number of nitrogens with one attached hydrogen (secondary N) is 2. The highest BCUT2D eigenvalue weighted by Gasteiger charge is 2.27. The van der Waals surface area contributed by atoms with Crippen molar-refractivity contribution < 1.29 is 23.9 Å². The Labute approximate surface area is 163 Å². The first-order valence-corrected chi connectivity index (χ1v) is 8.75. The average Bonchev–Trinajstić information content (AvgIpc) is 2.72. The van der Waals surface area contributed by atoms with Gasteiger partial charge < -0.3 is 15.4 Å². The molecule has 0 spiro atoms. The molecule has 2 aromatic carbocycles. The van der Waals surface area contributed by atoms with E-state index >= 15 is 0 Å². The maximum absolute atomic E-state index is 12.6. The first-order valence-electron chi connectivity index (χ1n) is 8.75. The number of Topliss-reactive ketones (excluding diaryl/α,β-unsaturated/α-hetero) is 1. The van der Waals surface area contributed by atoms with Crippen molar-refractivity contribution in [3.05, 3.63) is 71.8 Å². The summed E-state index contributed by atoms with van der Waals surface area (Å²) in [5.74, 6) is -2.82. The summed E-state index contributed by atoms with van der Waals surface area (Å²) in [6, 6.07) is 17.1. The molecule has 0 saturated heterocycles. The number of ketones is 1. The molecule has 0 aliphatic carbocycles. The van der Waals surface area contributed by atoms with Crippen LogP contribution in [0.5, 0.6) is 0 Å². The first kappa shape index (κ1) is 20.8. The number of ether oxygens (including phenoxy) is 1. The monoisotopic (exact) mass is 382 g/mol. The van der Waals surface area contributed by atoms with E-state index in [1.54, 1.807) is 36.4 Å². The fourth-order valence-electron chi connectivity index (χ4n) is 2.56. The molecular weight excluding hydrogens is 360 g/mol. The summed E-state index contributed by atoms with van der Waals surface area (Å²) < 4.78 is 4.43. The van der Waals surface area contributed by atoms with Crippen LogP contribution in [0.15, 0.2) is 60.7 Å². The van der Waals surface area contributed by atoms with Crippen molar-refractivity contribution in [2.75, 3.05) is 13.7 Å². The van der Waals surface area contributed by atoms with Crippen molar-refractivity contribution in [1.29, 1.82) is 0 Å². The zero-order chi connectivity index (χ0) is 20.4. The molecule has 1 atom stereocenters. The Kier molecular flexibility index (Phi) is 7.90. The Balaban J connectivity index is 2.07. The minimum atomic E-state index is -1.05. The minimum absolute atomic E-state index is 0.0865. The van der Waals surface area contributed by atoms with Gasteiger partial charge in [-0.2, -0.15) is 0 Å². The summed E-state index contributed by atoms with van der Waals surface area (Å²) in [6.07, 6.45) is 0.245. The fraction of sp³-hybridized carbons (Fsp3) is 0.238. The molecule has 0 heterocycles. The number of benzene rings is 2. The predicted octanol–water partition coefficient (Wildman–Crippen LogP) is 0.815. The first-order chi connectivity index (χ1) is 13.5. The Morgan fingerprint density at radius 2 is 1.46 bits per heavy atom. The summed E-state index contributed by atoms with van der Waals surface area (Å²) >= 11 is 0. The normalized spacial score (nSPS) is 11.2. The molecule has 0 saturated carbocycles. The van der Waals surface area contributed by atoms with Crippen LogP contribution in [0.2, 0.25) is 0 Å². The summed E-state index contributed by atoms with van der Waals surface area (Å²) in [4.78, 5) is 48.2. The number of methoxy groups -OCH3 is 1. The minimum Gasteiger partial charge on any atom is -0.468 e. The van der Waals surface area contributed by atoms with E-state index in [9.17, 15) is 19.2 Å². The highest BCUT2D eigenvalue weighted by Crippen LogP contribution is 2.06. The predicted molar refractivity (Wildman–Crippen MR) is 102 cm³/mol. The summed E-state index contributed by atoms with van der Waals surface area (Å²) in [7, 11) is 1.18. The molecule has 0 bridgehead atoms. The van der Waals surface area contributed by atoms with Crippen LogP contribution in [-0.4, -0.2) is 43.3 Å². The molecule has 0 unspecified atom stereocenters. The molecule has 0 fully saturated rings. The van der Waals surface area contributed by atoms with Gasteiger partial charge in [0.2, 0.25) is 11.7 Å². The molecule has 0 aliphatic rings. The van der Waals surface area contributed by atoms with Crippen LogP contribution in [0.25, 0.3) is 0 Å². The molecule has 28 heavy (non-hydrogen) atoms. The number of carbonyl (C=O) groups is 4. The zero-order valence-electron chi connectivity index (χ0n) is 15.5. The van der Waals surface area contributed by atoms with Gasteiger partial charge in [0.05, 0.1) is 13.5 Å². The van der Waals surface area contributed by atoms with Crippen molar-refractivity contribution in [1.82, 2.24) is 10.6 Å². The van der Waals surface area contributed by atoms with Gasteiger partial charge in [0.1, 0.15) is 12.6 Å². The number of rotatable bonds is 9. The molecule has 2 rings (SSSR count). The summed E-state index contributed by atoms with van der Waals surface area (Å²) in [5, 5.41) is 4.84. The van der Waals surface area contributed by atoms with E-state index in [0.29, 0.717) is 0 Å². The molecule has 0 aromatic heterocycles. The average molecular weight is 382 g/mol. The lowest BCUT2D eigenvalue weighted by atomic mass is 10.0. The van der Waals surface area contributed by atoms with Gasteiger partial charge in [-0.3, -0.25) is 19.2 Å². The standard InChI is InChI=1S/C21H22N2O5/c1-28-19(25)14-22-21(27)20(26)17(12-15-8-4-2-5-9-15)23-18(24)13-16-10-6-3-7-11-16/h2-11,17H,12-14H2,1H3,(H,22,27)(H,23,24)/t17-/m0/s1. The van der Waals surface area contributed by atoms with Gasteiger partial charge in [0.15, 0.2) is 0 Å². The smallest absolute Gasteiger partial charge is 0.325 e. The second-order valence-corrected chi connectivity index (χ2v) is 6.10. The van der Waals surface area contributed by atoms with E-state index in [2.05, 4.69) is 15.4 Å². The van der Waals surface area contributed by atoms with Gasteiger partial charge in [-0.1, -0.05) is 60.7 Å². The SMILES string of the molecule is COC(=O)CNC(=O)C(=O)[C@H](Cc1ccccc1)NC(=O)Cc1ccccc1. The zero-order valence-corrected chi connectivity index (χ0v) is 15.5. The van der Waals surface area contributed by atoms with Crippen LogP contribution in [0.1, 0.15) is 11.1 Å². The van der Waals surface area contributed by atoms with Crippen molar-refractivity contribution in [2.45, 2.75) is 18.9 Å². The van der Waals surface area contributed by atoms with Crippen molar-refractivity contribution >= 4 is 23.6 Å². The van der Waals surface area contributed by atoms with Crippen LogP contribution in [0.3, 0.4) is 0 Å². The third kappa shape index (κ3) is 6.68. The number of esters is 1. The summed E-state index contributed by atoms with van der Waals surface area (Å²) in [5.41, 5.74) is 1.59. The highest BCUT2D eigenvalue weighted by molar-refractivity contribution is 6.38. The Morgan fingerprint density at radius 1 is 0.893 bits per heavy atom. The van der Waals surface area contributed by atoms with Crippen LogP contribution in [-0.2, 0) is 36.8 Å². The van der Waals surface area contributed by atoms with Gasteiger partial charge in [-0.15, -0.1) is 0 Å². The van der Waals surface area contributed by atoms with Crippen LogP contribution in [0.4, 0.5) is 0 Å². The molecule has 2 amide bonds. The number of hydrogen-bond donors (Lipinski definition) is 2. The Morgan fingerprint density at radius 3 is 2.04 bits per heavy atom. The largest absolute Gasteiger partial charge is 0.468 e. The Hall–Kier alpha value is -3.48. The van der Waals surface area contributed by atoms with E-state index in [4.69, 9.17) is 0 Å². The number of carbonyl (C=O) groups excluding carboxylic acids is 4. The lowest BCUT2D eigenvalue weighted by molar-refractivity contribution is -0.144. The van der Waals surface area contributed by atoms with Gasteiger partial charge >= 0.3 is 5.97 Å². The number of amides is 2. The molecule has 0 radical (unpaired) electrons. The van der Waals surface area contributed by atoms with E-state index in [1.807, 2.05) is 24.3 Å². The molecule has 2 aromatic rings. The fourth-order valence-corrected chi connectivity index (χ4v) is 2.56. The number of hydrogen-bond acceptors (Lipinski definition) is 5. The molecule has 7 nitrogen and oxygen atoms in total. The van der Waals surface area contributed by atoms with Gasteiger partial charge in [-0.25, -0.2) is 0 Å². The van der Waals surface area contributed by atoms with E-state index in [1.165, 1.54) is 7.11 Å². The highest BCUT2D eigenvalue weighted by atomic mass is 16.5. The van der Waals surface area contributed by atoms with Crippen molar-refractivity contribution in [3.8, 4) is 0 Å². The lowest BCUT2D eigenvalue weighted by Crippen LogP contribution is -2.49. The second kappa shape index (κ2) is 10.6. The van der Waals surface area contributed by atoms with E-state index < -0.39 is 30.2 Å². The lowest BCUT2D eigenvalue weighted by Gasteiger charge is -2.17. The molecule has 0 aliphatic heterocycles. The van der Waals surface area contributed by atoms with E-state index in [-0.39, 0.29) is 18.7 Å². The third-order valence-corrected chi connectivity index (χ3v) is 3.99. The topological polar surface area (TPSA) is 102 Å². The van der Waals surface area contributed by atoms with Crippen molar-refractivity contribution in [3.63, 3.8) is 0 Å². The maximum atomic E-state index is 12.6. The van der Waals surface area contributed by atoms with Crippen LogP contribution >= 0.6 is 0 Å². The van der Waals surface area contributed by atoms with Gasteiger partial charge in [0.25, 0.3) is 5.91 Å². The Bertz CT molecular complexity index is 821. The van der Waals surface area contributed by atoms with E-state index in [0.717, 1.165) is 11.1 Å². The van der Waals surface area contributed by atoms with Gasteiger partial charge in [0, 0.05) is 6.42 Å². The van der Waals surface area contributed by atoms with Crippen LogP contribution < -0.4 is 10.6 Å². The van der Waals surface area contributed by atoms with Gasteiger partial charge in [-0.05, 0) is 11.1 Å². The third-order valence-electron chi connectivity index (χ3n) is 3.99. The van der Waals surface area contributed by atoms with Crippen LogP contribution in [0, 0.1) is 0 Å².